The van der Waals surface area contributed by atoms with E-state index in [-0.39, 0.29) is 0 Å². The van der Waals surface area contributed by atoms with Gasteiger partial charge >= 0.3 is 0 Å². The average Bonchev–Trinajstić information content (AvgIpc) is 2.21. The number of unbranched alkanes of at least 4 members (excludes halogenated alkanes) is 6. The molecule has 0 radical (unpaired) electrons. The molecule has 0 aromatic rings. The van der Waals surface area contributed by atoms with Crippen molar-refractivity contribution in [1.82, 2.24) is 5.32 Å². The van der Waals surface area contributed by atoms with Crippen molar-refractivity contribution < 1.29 is 5.11 Å². The first-order valence-electron chi connectivity index (χ1n) is 6.23. The summed E-state index contributed by atoms with van der Waals surface area (Å²) in [4.78, 5) is 0. The lowest BCUT2D eigenvalue weighted by atomic mass is 10.2. The highest BCUT2D eigenvalue weighted by Gasteiger charge is 1.90. The molecule has 0 heterocycles. The lowest BCUT2D eigenvalue weighted by Crippen LogP contribution is -2.16. The van der Waals surface area contributed by atoms with Crippen molar-refractivity contribution in [3.63, 3.8) is 0 Å². The van der Waals surface area contributed by atoms with Crippen LogP contribution in [0.3, 0.4) is 0 Å². The van der Waals surface area contributed by atoms with Crippen LogP contribution in [0.2, 0.25) is 0 Å². The number of aliphatic hydroxyl groups excluding tert-OH is 1. The quantitative estimate of drug-likeness (QED) is 0.504. The Labute approximate surface area is 89.1 Å². The summed E-state index contributed by atoms with van der Waals surface area (Å²) in [5.41, 5.74) is 0. The summed E-state index contributed by atoms with van der Waals surface area (Å²) in [5.74, 6) is 0. The van der Waals surface area contributed by atoms with Gasteiger partial charge in [0.25, 0.3) is 0 Å². The predicted molar refractivity (Wildman–Crippen MR) is 62.6 cm³/mol. The van der Waals surface area contributed by atoms with Crippen LogP contribution in [0.25, 0.3) is 0 Å². The Morgan fingerprint density at radius 3 is 1.93 bits per heavy atom. The Hall–Kier alpha value is -0.0800. The summed E-state index contributed by atoms with van der Waals surface area (Å²) >= 11 is 0. The topological polar surface area (TPSA) is 32.3 Å². The zero-order chi connectivity index (χ0) is 10.5. The van der Waals surface area contributed by atoms with E-state index in [2.05, 4.69) is 12.2 Å². The zero-order valence-electron chi connectivity index (χ0n) is 9.73. The summed E-state index contributed by atoms with van der Waals surface area (Å²) in [6.45, 7) is 4.93. The molecule has 0 fully saturated rings. The number of aliphatic hydroxyl groups is 1. The zero-order valence-corrected chi connectivity index (χ0v) is 9.73. The highest BCUT2D eigenvalue weighted by Crippen LogP contribution is 1.99. The molecule has 2 N–H and O–H groups in total. The summed E-state index contributed by atoms with van der Waals surface area (Å²) in [6.07, 6.45) is 10.0. The molecule has 0 spiro atoms. The minimum Gasteiger partial charge on any atom is -0.396 e. The van der Waals surface area contributed by atoms with Gasteiger partial charge in [0.05, 0.1) is 0 Å². The third-order valence-corrected chi connectivity index (χ3v) is 2.47. The average molecular weight is 201 g/mol. The molecule has 0 saturated carbocycles. The van der Waals surface area contributed by atoms with E-state index in [1.807, 2.05) is 0 Å². The SMILES string of the molecule is CCCCCCNCCCCCCO. The number of nitrogens with one attached hydrogen (secondary N) is 1. The van der Waals surface area contributed by atoms with E-state index < -0.39 is 0 Å². The van der Waals surface area contributed by atoms with Gasteiger partial charge in [-0.15, -0.1) is 0 Å². The predicted octanol–water partition coefficient (Wildman–Crippen LogP) is 2.71. The van der Waals surface area contributed by atoms with Crippen LogP contribution in [-0.4, -0.2) is 24.8 Å². The Bertz CT molecular complexity index is 84.3. The molecule has 86 valence electrons. The fourth-order valence-corrected chi connectivity index (χ4v) is 1.52. The van der Waals surface area contributed by atoms with Crippen molar-refractivity contribution in [2.45, 2.75) is 58.3 Å². The van der Waals surface area contributed by atoms with Crippen LogP contribution in [-0.2, 0) is 0 Å². The molecule has 0 unspecified atom stereocenters. The van der Waals surface area contributed by atoms with Crippen molar-refractivity contribution in [1.29, 1.82) is 0 Å². The smallest absolute Gasteiger partial charge is 0.0431 e. The van der Waals surface area contributed by atoms with Crippen LogP contribution in [0.1, 0.15) is 58.3 Å². The van der Waals surface area contributed by atoms with E-state index in [1.165, 1.54) is 51.5 Å². The second-order valence-corrected chi connectivity index (χ2v) is 3.95. The number of hydrogen-bond donors (Lipinski definition) is 2. The fourth-order valence-electron chi connectivity index (χ4n) is 1.52. The van der Waals surface area contributed by atoms with Gasteiger partial charge in [0.1, 0.15) is 0 Å². The molecule has 0 aromatic heterocycles. The first kappa shape index (κ1) is 13.9. The Balaban J connectivity index is 2.78. The van der Waals surface area contributed by atoms with Crippen LogP contribution in [0.5, 0.6) is 0 Å². The fraction of sp³-hybridized carbons (Fsp3) is 1.00. The highest BCUT2D eigenvalue weighted by molar-refractivity contribution is 4.50. The highest BCUT2D eigenvalue weighted by atomic mass is 16.2. The molecule has 0 aromatic carbocycles. The van der Waals surface area contributed by atoms with Gasteiger partial charge in [-0.25, -0.2) is 0 Å². The molecular formula is C12H27NO. The van der Waals surface area contributed by atoms with E-state index in [0.717, 1.165) is 13.0 Å². The molecule has 0 aliphatic heterocycles. The lowest BCUT2D eigenvalue weighted by Gasteiger charge is -2.03. The Morgan fingerprint density at radius 1 is 0.786 bits per heavy atom. The van der Waals surface area contributed by atoms with Crippen LogP contribution in [0.4, 0.5) is 0 Å². The van der Waals surface area contributed by atoms with E-state index in [1.54, 1.807) is 0 Å². The van der Waals surface area contributed by atoms with Gasteiger partial charge < -0.3 is 10.4 Å². The Morgan fingerprint density at radius 2 is 1.36 bits per heavy atom. The van der Waals surface area contributed by atoms with Gasteiger partial charge in [-0.3, -0.25) is 0 Å². The molecule has 0 bridgehead atoms. The van der Waals surface area contributed by atoms with Crippen molar-refractivity contribution in [2.75, 3.05) is 19.7 Å². The maximum absolute atomic E-state index is 8.57. The molecule has 2 nitrogen and oxygen atoms in total. The second-order valence-electron chi connectivity index (χ2n) is 3.95. The third-order valence-electron chi connectivity index (χ3n) is 2.47. The number of hydrogen-bond acceptors (Lipinski definition) is 2. The minimum absolute atomic E-state index is 0.352. The molecular weight excluding hydrogens is 174 g/mol. The molecule has 0 atom stereocenters. The van der Waals surface area contributed by atoms with Crippen molar-refractivity contribution in [2.24, 2.45) is 0 Å². The summed E-state index contributed by atoms with van der Waals surface area (Å²) in [6, 6.07) is 0. The second kappa shape index (κ2) is 12.9. The summed E-state index contributed by atoms with van der Waals surface area (Å²) < 4.78 is 0. The van der Waals surface area contributed by atoms with Gasteiger partial charge in [0, 0.05) is 6.61 Å². The van der Waals surface area contributed by atoms with Gasteiger partial charge in [-0.2, -0.15) is 0 Å². The molecule has 0 amide bonds. The van der Waals surface area contributed by atoms with Gasteiger partial charge in [0.2, 0.25) is 0 Å². The van der Waals surface area contributed by atoms with Crippen LogP contribution >= 0.6 is 0 Å². The molecule has 0 aliphatic rings. The van der Waals surface area contributed by atoms with E-state index in [0.29, 0.717) is 6.61 Å². The van der Waals surface area contributed by atoms with Crippen molar-refractivity contribution >= 4 is 0 Å². The monoisotopic (exact) mass is 201 g/mol. The van der Waals surface area contributed by atoms with E-state index in [4.69, 9.17) is 5.11 Å². The van der Waals surface area contributed by atoms with Gasteiger partial charge in [-0.05, 0) is 32.4 Å². The van der Waals surface area contributed by atoms with Crippen LogP contribution in [0, 0.1) is 0 Å². The largest absolute Gasteiger partial charge is 0.396 e. The molecule has 0 saturated heterocycles. The van der Waals surface area contributed by atoms with Crippen LogP contribution < -0.4 is 5.32 Å². The van der Waals surface area contributed by atoms with Crippen molar-refractivity contribution in [3.05, 3.63) is 0 Å². The first-order chi connectivity index (χ1) is 6.91. The maximum atomic E-state index is 8.57. The maximum Gasteiger partial charge on any atom is 0.0431 e. The van der Waals surface area contributed by atoms with E-state index >= 15 is 0 Å². The third kappa shape index (κ3) is 11.9. The normalized spacial score (nSPS) is 10.7. The van der Waals surface area contributed by atoms with Crippen LogP contribution in [0.15, 0.2) is 0 Å². The molecule has 2 heteroatoms. The molecule has 14 heavy (non-hydrogen) atoms. The minimum atomic E-state index is 0.352. The van der Waals surface area contributed by atoms with Gasteiger partial charge in [-0.1, -0.05) is 39.0 Å². The lowest BCUT2D eigenvalue weighted by molar-refractivity contribution is 0.282. The first-order valence-corrected chi connectivity index (χ1v) is 6.23. The van der Waals surface area contributed by atoms with Gasteiger partial charge in [0.15, 0.2) is 0 Å². The summed E-state index contributed by atoms with van der Waals surface area (Å²) in [5, 5.41) is 12.0. The Kier molecular flexibility index (Phi) is 12.8. The molecule has 0 rings (SSSR count). The molecule has 0 aliphatic carbocycles. The van der Waals surface area contributed by atoms with Crippen molar-refractivity contribution in [3.8, 4) is 0 Å². The summed E-state index contributed by atoms with van der Waals surface area (Å²) in [7, 11) is 0. The standard InChI is InChI=1S/C12H27NO/c1-2-3-4-7-10-13-11-8-5-6-9-12-14/h13-14H,2-12H2,1H3. The number of rotatable bonds is 11. The van der Waals surface area contributed by atoms with E-state index in [9.17, 15) is 0 Å².